The first kappa shape index (κ1) is 84.3. The summed E-state index contributed by atoms with van der Waals surface area (Å²) in [6.45, 7) is 4.61. The Bertz CT molecular complexity index is 4460. The molecule has 22 heteroatoms. The Hall–Kier alpha value is -8.14. The maximum absolute atomic E-state index is 9.23. The van der Waals surface area contributed by atoms with Gasteiger partial charge < -0.3 is 85.3 Å². The predicted molar refractivity (Wildman–Crippen MR) is 437 cm³/mol. The summed E-state index contributed by atoms with van der Waals surface area (Å²) in [6, 6.07) is 98.2. The number of hydrogen-bond acceptors (Lipinski definition) is 19. The standard InChI is InChI=1S/C94H98Cl3NO18/c1-64-77(99-53-66-33-13-3-14-34-66)80(102-56-69-39-19-6-20-40-69)84(106-60-73-47-27-10-28-48-73)90(110-64)113-86-79(101-55-68-37-17-5-18-38-68)76(63-109-89(86)116-93(98)94(95,96)97)112-92-87(82(104-58-71-43-23-8-24-44-71)83(105-59-72-45-25-9-26-46-72)88(115-92)108-62-75-51-31-12-32-52-75)114-91-85(107-61-74-49-29-11-30-50-74)81(103-57-70-41-21-7-22-42-70)78(65(2)111-91)100-54-67-35-15-4-16-36-67/h3-52,64-65,76-92,98H,53-63H2,1-2H3/t64-,65-,76-,77-,78-,79+,80+,81+,82+,83-,84-,85-,86-,87-,88+,89-,90+,91+,92-/m1/s1. The zero-order chi connectivity index (χ0) is 79.7. The number of hydrogen-bond donors (Lipinski definition) is 1. The Labute approximate surface area is 693 Å². The Morgan fingerprint density at radius 1 is 0.267 bits per heavy atom. The molecule has 4 fully saturated rings. The molecule has 608 valence electrons. The number of rotatable bonds is 37. The number of ether oxygens (including phenoxy) is 18. The Balaban J connectivity index is 0.895. The fraction of sp³-hybridized carbons (Fsp3) is 0.351. The summed E-state index contributed by atoms with van der Waals surface area (Å²) in [7, 11) is 0. The highest BCUT2D eigenvalue weighted by Gasteiger charge is 2.58. The summed E-state index contributed by atoms with van der Waals surface area (Å²) in [6.07, 6.45) is -21.5. The van der Waals surface area contributed by atoms with Gasteiger partial charge in [0.25, 0.3) is 3.79 Å². The quantitative estimate of drug-likeness (QED) is 0.0220. The van der Waals surface area contributed by atoms with Crippen molar-refractivity contribution in [3.63, 3.8) is 0 Å². The average Bonchev–Trinajstić information content (AvgIpc) is 0.769. The third-order valence-electron chi connectivity index (χ3n) is 20.5. The minimum atomic E-state index is -2.39. The molecule has 4 heterocycles. The van der Waals surface area contributed by atoms with Crippen LogP contribution in [0.1, 0.15) is 69.5 Å². The van der Waals surface area contributed by atoms with E-state index in [1.165, 1.54) is 0 Å². The molecule has 0 aromatic heterocycles. The zero-order valence-corrected chi connectivity index (χ0v) is 66.9. The largest absolute Gasteiger partial charge is 0.445 e. The Morgan fingerprint density at radius 2 is 0.491 bits per heavy atom. The Kier molecular flexibility index (Phi) is 31.3. The molecule has 0 saturated carbocycles. The van der Waals surface area contributed by atoms with Gasteiger partial charge in [-0.3, -0.25) is 5.41 Å². The van der Waals surface area contributed by atoms with Crippen LogP contribution >= 0.6 is 34.8 Å². The molecule has 1 N–H and O–H groups in total. The highest BCUT2D eigenvalue weighted by Crippen LogP contribution is 2.42. The van der Waals surface area contributed by atoms with Gasteiger partial charge in [-0.05, 0) is 69.5 Å². The molecule has 0 radical (unpaired) electrons. The van der Waals surface area contributed by atoms with E-state index in [0.717, 1.165) is 55.6 Å². The first-order chi connectivity index (χ1) is 56.9. The van der Waals surface area contributed by atoms with Crippen molar-refractivity contribution in [3.8, 4) is 0 Å². The number of benzene rings is 10. The number of nitrogens with one attached hydrogen (secondary N) is 1. The lowest BCUT2D eigenvalue weighted by Crippen LogP contribution is -2.67. The van der Waals surface area contributed by atoms with Crippen molar-refractivity contribution in [2.24, 2.45) is 0 Å². The molecule has 19 nitrogen and oxygen atoms in total. The van der Waals surface area contributed by atoms with Gasteiger partial charge in [-0.2, -0.15) is 0 Å². The Morgan fingerprint density at radius 3 is 0.776 bits per heavy atom. The fourth-order valence-corrected chi connectivity index (χ4v) is 14.6. The van der Waals surface area contributed by atoms with Gasteiger partial charge >= 0.3 is 0 Å². The van der Waals surface area contributed by atoms with Crippen LogP contribution in [-0.4, -0.2) is 133 Å². The second-order valence-corrected chi connectivity index (χ2v) is 31.2. The van der Waals surface area contributed by atoms with Crippen LogP contribution in [0.5, 0.6) is 0 Å². The van der Waals surface area contributed by atoms with Crippen LogP contribution in [0, 0.1) is 5.41 Å². The summed E-state index contributed by atoms with van der Waals surface area (Å²) in [5, 5.41) is 9.23. The maximum atomic E-state index is 9.23. The molecule has 0 bridgehead atoms. The van der Waals surface area contributed by atoms with Crippen molar-refractivity contribution < 1.29 is 85.3 Å². The molecule has 0 amide bonds. The lowest BCUT2D eigenvalue weighted by Gasteiger charge is -2.51. The third kappa shape index (κ3) is 23.9. The van der Waals surface area contributed by atoms with Crippen molar-refractivity contribution in [1.82, 2.24) is 0 Å². The molecule has 10 aromatic carbocycles. The van der Waals surface area contributed by atoms with E-state index in [1.54, 1.807) is 0 Å². The SMILES string of the molecule is C[C@H]1O[C@@H](O[C@H]2[C@H](O[C@@H]3CO[C@H](OC(=N)C(Cl)(Cl)Cl)[C@H](O[C@@H]4O[C@H](C)[C@@H](OCc5ccccc5)[C@H](OCc5ccccc5)[C@H]4OCc4ccccc4)[C@H]3OCc3ccccc3)O[C@H](OCc3ccccc3)[C@H](OCc3ccccc3)[C@@H]2OCc2ccccc2)[C@H](OCc2ccccc2)[C@@H](OCc2ccccc2)[C@@H]1OCc1ccccc1. The molecular weight excluding hydrogens is 1540 g/mol. The smallest absolute Gasteiger partial charge is 0.265 e. The van der Waals surface area contributed by atoms with Crippen LogP contribution in [-0.2, 0) is 151 Å². The van der Waals surface area contributed by atoms with Gasteiger partial charge in [-0.25, -0.2) is 0 Å². The second-order valence-electron chi connectivity index (χ2n) is 29.0. The molecule has 4 aliphatic heterocycles. The maximum Gasteiger partial charge on any atom is 0.265 e. The van der Waals surface area contributed by atoms with Gasteiger partial charge in [0.05, 0.1) is 84.9 Å². The lowest BCUT2D eigenvalue weighted by atomic mass is 9.97. The van der Waals surface area contributed by atoms with Crippen LogP contribution in [0.2, 0.25) is 0 Å². The van der Waals surface area contributed by atoms with Gasteiger partial charge in [0.15, 0.2) is 31.3 Å². The lowest BCUT2D eigenvalue weighted by molar-refractivity contribution is -0.416. The highest BCUT2D eigenvalue weighted by atomic mass is 35.6. The topological polar surface area (TPSA) is 190 Å². The monoisotopic (exact) mass is 1630 g/mol. The van der Waals surface area contributed by atoms with E-state index in [9.17, 15) is 5.41 Å². The van der Waals surface area contributed by atoms with Crippen LogP contribution in [0.25, 0.3) is 0 Å². The van der Waals surface area contributed by atoms with Gasteiger partial charge in [-0.15, -0.1) is 0 Å². The van der Waals surface area contributed by atoms with Crippen molar-refractivity contribution in [1.29, 1.82) is 5.41 Å². The molecule has 4 aliphatic rings. The van der Waals surface area contributed by atoms with E-state index in [4.69, 9.17) is 120 Å². The number of halogens is 3. The van der Waals surface area contributed by atoms with E-state index in [2.05, 4.69) is 0 Å². The summed E-state index contributed by atoms with van der Waals surface area (Å²) >= 11 is 19.7. The average molecular weight is 1640 g/mol. The highest BCUT2D eigenvalue weighted by molar-refractivity contribution is 6.76. The molecule has 116 heavy (non-hydrogen) atoms. The van der Waals surface area contributed by atoms with E-state index in [1.807, 2.05) is 317 Å². The first-order valence-corrected chi connectivity index (χ1v) is 40.4. The molecule has 0 spiro atoms. The summed E-state index contributed by atoms with van der Waals surface area (Å²) in [4.78, 5) is 0. The minimum Gasteiger partial charge on any atom is -0.445 e. The van der Waals surface area contributed by atoms with Gasteiger partial charge in [0.1, 0.15) is 67.1 Å². The van der Waals surface area contributed by atoms with Crippen LogP contribution in [0.4, 0.5) is 0 Å². The molecule has 0 unspecified atom stereocenters. The number of alkyl halides is 3. The zero-order valence-electron chi connectivity index (χ0n) is 64.6. The van der Waals surface area contributed by atoms with Gasteiger partial charge in [0.2, 0.25) is 12.2 Å². The summed E-state index contributed by atoms with van der Waals surface area (Å²) in [5.41, 5.74) is 8.75. The normalized spacial score (nSPS) is 26.9. The van der Waals surface area contributed by atoms with Crippen LogP contribution in [0.3, 0.4) is 0 Å². The van der Waals surface area contributed by atoms with Gasteiger partial charge in [-0.1, -0.05) is 338 Å². The molecule has 10 aromatic rings. The molecule has 0 aliphatic carbocycles. The van der Waals surface area contributed by atoms with Crippen molar-refractivity contribution in [2.75, 3.05) is 6.61 Å². The second kappa shape index (κ2) is 43.0. The van der Waals surface area contributed by atoms with E-state index in [0.29, 0.717) is 0 Å². The first-order valence-electron chi connectivity index (χ1n) is 39.3. The van der Waals surface area contributed by atoms with Crippen LogP contribution in [0.15, 0.2) is 303 Å². The van der Waals surface area contributed by atoms with E-state index in [-0.39, 0.29) is 72.7 Å². The van der Waals surface area contributed by atoms with Gasteiger partial charge in [0, 0.05) is 0 Å². The molecular formula is C94H98Cl3NO18. The third-order valence-corrected chi connectivity index (χ3v) is 21.0. The molecule has 19 atom stereocenters. The minimum absolute atomic E-state index is 0.0352. The van der Waals surface area contributed by atoms with E-state index >= 15 is 0 Å². The predicted octanol–water partition coefficient (Wildman–Crippen LogP) is 17.5. The van der Waals surface area contributed by atoms with Crippen molar-refractivity contribution >= 4 is 40.7 Å². The molecule has 14 rings (SSSR count). The fourth-order valence-electron chi connectivity index (χ4n) is 14.5. The molecule has 4 saturated heterocycles. The van der Waals surface area contributed by atoms with Crippen LogP contribution < -0.4 is 0 Å². The van der Waals surface area contributed by atoms with E-state index < -0.39 is 127 Å². The summed E-state index contributed by atoms with van der Waals surface area (Å²) in [5.74, 6) is -0.775. The van der Waals surface area contributed by atoms with Crippen molar-refractivity contribution in [2.45, 2.75) is 201 Å². The van der Waals surface area contributed by atoms with Crippen molar-refractivity contribution in [3.05, 3.63) is 359 Å². The summed E-state index contributed by atoms with van der Waals surface area (Å²) < 4.78 is 128.